The molecule has 0 spiro atoms. The van der Waals surface area contributed by atoms with Crippen LogP contribution in [-0.4, -0.2) is 42.8 Å². The number of hydrogen-bond donors (Lipinski definition) is 0. The van der Waals surface area contributed by atoms with Gasteiger partial charge in [-0.15, -0.1) is 11.6 Å². The highest BCUT2D eigenvalue weighted by Crippen LogP contribution is 2.27. The molecule has 0 aliphatic rings. The van der Waals surface area contributed by atoms with Crippen LogP contribution in [0.1, 0.15) is 32.8 Å². The number of carbonyl (C=O) groups is 1. The van der Waals surface area contributed by atoms with Gasteiger partial charge in [0.2, 0.25) is 10.0 Å². The summed E-state index contributed by atoms with van der Waals surface area (Å²) in [6.07, 6.45) is -0.530. The van der Waals surface area contributed by atoms with Crippen LogP contribution < -0.4 is 4.74 Å². The first kappa shape index (κ1) is 26.8. The molecule has 180 valence electrons. The number of carbonyl (C=O) groups excluding carboxylic acids is 1. The predicted molar refractivity (Wildman–Crippen MR) is 126 cm³/mol. The first-order valence-electron chi connectivity index (χ1n) is 10.3. The van der Waals surface area contributed by atoms with Crippen molar-refractivity contribution in [2.24, 2.45) is 0 Å². The molecular weight excluding hydrogens is 469 g/mol. The smallest absolute Gasteiger partial charge is 0.325 e. The highest BCUT2D eigenvalue weighted by Gasteiger charge is 2.39. The molecule has 2 aromatic carbocycles. The van der Waals surface area contributed by atoms with E-state index in [-0.39, 0.29) is 23.9 Å². The van der Waals surface area contributed by atoms with Gasteiger partial charge in [-0.05, 0) is 50.6 Å². The quantitative estimate of drug-likeness (QED) is 0.320. The minimum absolute atomic E-state index is 0.0744. The van der Waals surface area contributed by atoms with Crippen molar-refractivity contribution in [1.82, 2.24) is 4.31 Å². The molecule has 0 radical (unpaired) electrons. The fraction of sp³-hybridized carbons (Fsp3) is 0.375. The molecule has 2 aromatic rings. The second-order valence-corrected chi connectivity index (χ2v) is 10.6. The lowest BCUT2D eigenvalue weighted by molar-refractivity contribution is -0.159. The van der Waals surface area contributed by atoms with E-state index in [9.17, 15) is 17.6 Å². The lowest BCUT2D eigenvalue weighted by Crippen LogP contribution is -2.47. The summed E-state index contributed by atoms with van der Waals surface area (Å²) < 4.78 is 53.1. The summed E-state index contributed by atoms with van der Waals surface area (Å²) in [4.78, 5) is 12.9. The molecule has 0 aliphatic heterocycles. The van der Waals surface area contributed by atoms with Crippen LogP contribution in [-0.2, 0) is 26.1 Å². The Kier molecular flexibility index (Phi) is 9.46. The Bertz CT molecular complexity index is 1040. The van der Waals surface area contributed by atoms with E-state index >= 15 is 0 Å². The molecule has 0 aliphatic carbocycles. The first-order valence-corrected chi connectivity index (χ1v) is 12.3. The van der Waals surface area contributed by atoms with Crippen molar-refractivity contribution in [3.8, 4) is 5.75 Å². The molecule has 0 saturated heterocycles. The topological polar surface area (TPSA) is 72.9 Å². The van der Waals surface area contributed by atoms with Crippen LogP contribution in [0.2, 0.25) is 0 Å². The van der Waals surface area contributed by atoms with Gasteiger partial charge in [-0.1, -0.05) is 36.9 Å². The summed E-state index contributed by atoms with van der Waals surface area (Å²) in [7, 11) is -4.24. The van der Waals surface area contributed by atoms with E-state index < -0.39 is 39.9 Å². The Balaban J connectivity index is 2.52. The minimum atomic E-state index is -4.24. The molecule has 6 nitrogen and oxygen atoms in total. The highest BCUT2D eigenvalue weighted by atomic mass is 35.5. The zero-order valence-corrected chi connectivity index (χ0v) is 20.5. The zero-order valence-electron chi connectivity index (χ0n) is 19.0. The van der Waals surface area contributed by atoms with Gasteiger partial charge in [0.25, 0.3) is 0 Å². The Hall–Kier alpha value is -2.42. The summed E-state index contributed by atoms with van der Waals surface area (Å²) in [6.45, 7) is 8.31. The van der Waals surface area contributed by atoms with Gasteiger partial charge in [-0.2, -0.15) is 4.31 Å². The van der Waals surface area contributed by atoms with E-state index in [1.165, 1.54) is 24.3 Å². The minimum Gasteiger partial charge on any atom is -0.492 e. The number of benzene rings is 2. The van der Waals surface area contributed by atoms with Crippen LogP contribution in [0, 0.1) is 0 Å². The molecule has 0 fully saturated rings. The number of ether oxygens (including phenoxy) is 2. The monoisotopic (exact) mass is 497 g/mol. The average Bonchev–Trinajstić information content (AvgIpc) is 2.74. The Morgan fingerprint density at radius 3 is 2.24 bits per heavy atom. The Morgan fingerprint density at radius 1 is 1.12 bits per heavy atom. The molecule has 0 N–H and O–H groups in total. The van der Waals surface area contributed by atoms with Gasteiger partial charge in [0.05, 0.1) is 16.6 Å². The standard InChI is InChI=1S/C24H29ClFNO5S/c1-18(26)16-22(23(28)32-24(2,3)4)27(17-19-8-6-5-7-9-19)33(29,30)21-12-10-20(11-13-21)31-15-14-25/h5-13,22H,1,14-17H2,2-4H3/t22-/m1/s1. The maximum absolute atomic E-state index is 14.0. The number of hydrogen-bond acceptors (Lipinski definition) is 5. The second kappa shape index (κ2) is 11.6. The SMILES string of the molecule is C=C(F)C[C@H](C(=O)OC(C)(C)C)N(Cc1ccccc1)S(=O)(=O)c1ccc(OCCCl)cc1. The number of halogens is 2. The fourth-order valence-corrected chi connectivity index (χ4v) is 4.65. The first-order chi connectivity index (χ1) is 15.4. The van der Waals surface area contributed by atoms with E-state index in [0.29, 0.717) is 11.3 Å². The number of alkyl halides is 1. The number of esters is 1. The summed E-state index contributed by atoms with van der Waals surface area (Å²) in [6, 6.07) is 13.0. The van der Waals surface area contributed by atoms with Crippen LogP contribution in [0.5, 0.6) is 5.75 Å². The van der Waals surface area contributed by atoms with E-state index in [0.717, 1.165) is 4.31 Å². The zero-order chi connectivity index (χ0) is 24.6. The van der Waals surface area contributed by atoms with Gasteiger partial charge in [0.1, 0.15) is 24.0 Å². The normalized spacial score (nSPS) is 12.9. The molecule has 0 unspecified atom stereocenters. The molecule has 33 heavy (non-hydrogen) atoms. The molecule has 2 rings (SSSR count). The van der Waals surface area contributed by atoms with E-state index in [1.807, 2.05) is 0 Å². The number of sulfonamides is 1. The third-order valence-corrected chi connectivity index (χ3v) is 6.42. The van der Waals surface area contributed by atoms with Crippen molar-refractivity contribution in [1.29, 1.82) is 0 Å². The molecule has 0 bridgehead atoms. The molecule has 1 atom stereocenters. The Labute approximate surface area is 200 Å². The van der Waals surface area contributed by atoms with Crippen molar-refractivity contribution in [3.05, 3.63) is 72.6 Å². The average molecular weight is 498 g/mol. The van der Waals surface area contributed by atoms with E-state index in [1.54, 1.807) is 51.1 Å². The third kappa shape index (κ3) is 8.14. The summed E-state index contributed by atoms with van der Waals surface area (Å²) in [5, 5.41) is 0. The molecular formula is C24H29ClFNO5S. The molecule has 0 saturated carbocycles. The van der Waals surface area contributed by atoms with Crippen LogP contribution in [0.15, 0.2) is 71.9 Å². The van der Waals surface area contributed by atoms with Gasteiger partial charge in [-0.3, -0.25) is 4.79 Å². The summed E-state index contributed by atoms with van der Waals surface area (Å²) >= 11 is 5.62. The van der Waals surface area contributed by atoms with Crippen LogP contribution in [0.3, 0.4) is 0 Å². The predicted octanol–water partition coefficient (Wildman–Crippen LogP) is 5.08. The third-order valence-electron chi connectivity index (χ3n) is 4.40. The fourth-order valence-electron chi connectivity index (χ4n) is 3.01. The van der Waals surface area contributed by atoms with Crippen LogP contribution >= 0.6 is 11.6 Å². The van der Waals surface area contributed by atoms with Crippen molar-refractivity contribution in [2.75, 3.05) is 12.5 Å². The number of nitrogens with zero attached hydrogens (tertiary/aromatic N) is 1. The van der Waals surface area contributed by atoms with Gasteiger partial charge in [0, 0.05) is 13.0 Å². The van der Waals surface area contributed by atoms with Crippen LogP contribution in [0.4, 0.5) is 4.39 Å². The highest BCUT2D eigenvalue weighted by molar-refractivity contribution is 7.89. The van der Waals surface area contributed by atoms with E-state index in [4.69, 9.17) is 21.1 Å². The lowest BCUT2D eigenvalue weighted by atomic mass is 10.1. The molecule has 0 aromatic heterocycles. The largest absolute Gasteiger partial charge is 0.492 e. The van der Waals surface area contributed by atoms with Gasteiger partial charge >= 0.3 is 5.97 Å². The lowest BCUT2D eigenvalue weighted by Gasteiger charge is -2.31. The van der Waals surface area contributed by atoms with E-state index in [2.05, 4.69) is 6.58 Å². The second-order valence-electron chi connectivity index (χ2n) is 8.32. The number of rotatable bonds is 11. The van der Waals surface area contributed by atoms with Crippen molar-refractivity contribution >= 4 is 27.6 Å². The maximum Gasteiger partial charge on any atom is 0.325 e. The van der Waals surface area contributed by atoms with Crippen molar-refractivity contribution in [3.63, 3.8) is 0 Å². The van der Waals surface area contributed by atoms with Crippen molar-refractivity contribution < 1.29 is 27.1 Å². The Morgan fingerprint density at radius 2 is 1.73 bits per heavy atom. The summed E-state index contributed by atoms with van der Waals surface area (Å²) in [5.74, 6) is -0.952. The van der Waals surface area contributed by atoms with Crippen molar-refractivity contribution in [2.45, 2.75) is 50.3 Å². The van der Waals surface area contributed by atoms with Gasteiger partial charge in [-0.25, -0.2) is 12.8 Å². The van der Waals surface area contributed by atoms with Gasteiger partial charge in [0.15, 0.2) is 0 Å². The molecule has 0 amide bonds. The van der Waals surface area contributed by atoms with Gasteiger partial charge < -0.3 is 9.47 Å². The molecule has 9 heteroatoms. The maximum atomic E-state index is 14.0. The molecule has 0 heterocycles. The van der Waals surface area contributed by atoms with Crippen LogP contribution in [0.25, 0.3) is 0 Å². The summed E-state index contributed by atoms with van der Waals surface area (Å²) in [5.41, 5.74) is -0.266.